The van der Waals surface area contributed by atoms with E-state index in [-0.39, 0.29) is 18.1 Å². The summed E-state index contributed by atoms with van der Waals surface area (Å²) >= 11 is 0. The van der Waals surface area contributed by atoms with Crippen LogP contribution >= 0.6 is 0 Å². The van der Waals surface area contributed by atoms with E-state index in [4.69, 9.17) is 0 Å². The second-order valence-corrected chi connectivity index (χ2v) is 6.99. The van der Waals surface area contributed by atoms with Gasteiger partial charge < -0.3 is 15.5 Å². The maximum absolute atomic E-state index is 12.3. The Morgan fingerprint density at radius 3 is 2.59 bits per heavy atom. The Morgan fingerprint density at radius 2 is 1.95 bits per heavy atom. The van der Waals surface area contributed by atoms with Crippen molar-refractivity contribution in [3.63, 3.8) is 0 Å². The smallest absolute Gasteiger partial charge is 0.251 e. The van der Waals surface area contributed by atoms with Gasteiger partial charge in [-0.25, -0.2) is 0 Å². The highest BCUT2D eigenvalue weighted by atomic mass is 16.3. The van der Waals surface area contributed by atoms with Gasteiger partial charge in [0.1, 0.15) is 0 Å². The van der Waals surface area contributed by atoms with E-state index >= 15 is 0 Å². The molecule has 1 aliphatic rings. The summed E-state index contributed by atoms with van der Waals surface area (Å²) in [6, 6.07) is 7.76. The number of hydrogen-bond donors (Lipinski definition) is 3. The van der Waals surface area contributed by atoms with Gasteiger partial charge in [-0.1, -0.05) is 12.1 Å². The second-order valence-electron chi connectivity index (χ2n) is 6.99. The average molecular weight is 305 g/mol. The van der Waals surface area contributed by atoms with Crippen LogP contribution < -0.4 is 5.32 Å². The predicted octanol–water partition coefficient (Wildman–Crippen LogP) is 2.42. The number of rotatable bonds is 5. The lowest BCUT2D eigenvalue weighted by atomic mass is 9.93. The minimum absolute atomic E-state index is 0.0495. The summed E-state index contributed by atoms with van der Waals surface area (Å²) in [5.74, 6) is -0.0495. The molecule has 2 rings (SSSR count). The number of nitrogens with one attached hydrogen (secondary N) is 1. The molecule has 1 aromatic carbocycles. The van der Waals surface area contributed by atoms with Crippen molar-refractivity contribution in [1.82, 2.24) is 5.32 Å². The molecule has 4 nitrogen and oxygen atoms in total. The number of carbonyl (C=O) groups excluding carboxylic acids is 1. The van der Waals surface area contributed by atoms with Crippen LogP contribution in [0.15, 0.2) is 24.3 Å². The lowest BCUT2D eigenvalue weighted by Gasteiger charge is -2.26. The van der Waals surface area contributed by atoms with Crippen LogP contribution in [0.25, 0.3) is 0 Å². The van der Waals surface area contributed by atoms with Gasteiger partial charge in [0.05, 0.1) is 11.7 Å². The van der Waals surface area contributed by atoms with E-state index in [9.17, 15) is 15.0 Å². The van der Waals surface area contributed by atoms with Crippen LogP contribution in [0.2, 0.25) is 0 Å². The van der Waals surface area contributed by atoms with Crippen molar-refractivity contribution in [2.45, 2.75) is 70.1 Å². The van der Waals surface area contributed by atoms with E-state index < -0.39 is 5.60 Å². The van der Waals surface area contributed by atoms with Gasteiger partial charge >= 0.3 is 0 Å². The van der Waals surface area contributed by atoms with Crippen molar-refractivity contribution in [3.8, 4) is 0 Å². The van der Waals surface area contributed by atoms with Crippen LogP contribution in [0.4, 0.5) is 0 Å². The van der Waals surface area contributed by atoms with E-state index in [2.05, 4.69) is 5.32 Å². The molecule has 0 radical (unpaired) electrons. The fourth-order valence-corrected chi connectivity index (χ4v) is 2.81. The SMILES string of the molecule is CC(C)(O)CCc1cccc(C(=O)NC2CCC(O)CC2)c1. The molecule has 0 atom stereocenters. The lowest BCUT2D eigenvalue weighted by molar-refractivity contribution is 0.0714. The Labute approximate surface area is 132 Å². The quantitative estimate of drug-likeness (QED) is 0.782. The van der Waals surface area contributed by atoms with Gasteiger partial charge in [-0.3, -0.25) is 4.79 Å². The van der Waals surface area contributed by atoms with Crippen LogP contribution in [0.5, 0.6) is 0 Å². The second kappa shape index (κ2) is 7.25. The first-order chi connectivity index (χ1) is 10.3. The number of amides is 1. The number of aryl methyl sites for hydroxylation is 1. The number of hydrogen-bond acceptors (Lipinski definition) is 3. The molecule has 22 heavy (non-hydrogen) atoms. The van der Waals surface area contributed by atoms with Gasteiger partial charge in [-0.05, 0) is 70.1 Å². The molecule has 3 N–H and O–H groups in total. The largest absolute Gasteiger partial charge is 0.393 e. The van der Waals surface area contributed by atoms with Crippen molar-refractivity contribution in [3.05, 3.63) is 35.4 Å². The van der Waals surface area contributed by atoms with Gasteiger partial charge in [0.2, 0.25) is 0 Å². The summed E-state index contributed by atoms with van der Waals surface area (Å²) in [7, 11) is 0. The predicted molar refractivity (Wildman–Crippen MR) is 86.8 cm³/mol. The van der Waals surface area contributed by atoms with E-state index in [1.165, 1.54) is 0 Å². The minimum atomic E-state index is -0.693. The molecule has 0 unspecified atom stereocenters. The van der Waals surface area contributed by atoms with Crippen LogP contribution in [0.1, 0.15) is 61.9 Å². The highest BCUT2D eigenvalue weighted by molar-refractivity contribution is 5.94. The van der Waals surface area contributed by atoms with Gasteiger partial charge in [-0.2, -0.15) is 0 Å². The van der Waals surface area contributed by atoms with Crippen LogP contribution in [0.3, 0.4) is 0 Å². The Hall–Kier alpha value is -1.39. The van der Waals surface area contributed by atoms with Crippen molar-refractivity contribution in [1.29, 1.82) is 0 Å². The zero-order valence-corrected chi connectivity index (χ0v) is 13.5. The molecule has 0 aliphatic heterocycles. The summed E-state index contributed by atoms with van der Waals surface area (Å²) in [5.41, 5.74) is 1.04. The van der Waals surface area contributed by atoms with E-state index in [1.807, 2.05) is 24.3 Å². The molecule has 1 fully saturated rings. The summed E-state index contributed by atoms with van der Waals surface area (Å²) in [5, 5.41) is 22.4. The molecular weight excluding hydrogens is 278 g/mol. The first-order valence-corrected chi connectivity index (χ1v) is 8.14. The summed E-state index contributed by atoms with van der Waals surface area (Å²) in [4.78, 5) is 12.3. The maximum atomic E-state index is 12.3. The third-order valence-electron chi connectivity index (χ3n) is 4.25. The molecule has 1 aliphatic carbocycles. The lowest BCUT2D eigenvalue weighted by Crippen LogP contribution is -2.38. The van der Waals surface area contributed by atoms with Crippen LogP contribution in [0, 0.1) is 0 Å². The molecule has 4 heteroatoms. The molecule has 1 amide bonds. The van der Waals surface area contributed by atoms with E-state index in [1.54, 1.807) is 13.8 Å². The number of aliphatic hydroxyl groups excluding tert-OH is 1. The van der Waals surface area contributed by atoms with E-state index in [0.29, 0.717) is 12.0 Å². The molecule has 0 bridgehead atoms. The van der Waals surface area contributed by atoms with Gasteiger partial charge in [-0.15, -0.1) is 0 Å². The first kappa shape index (κ1) is 17.0. The van der Waals surface area contributed by atoms with E-state index in [0.717, 1.165) is 37.7 Å². The molecule has 1 saturated carbocycles. The molecule has 0 spiro atoms. The highest BCUT2D eigenvalue weighted by Gasteiger charge is 2.21. The van der Waals surface area contributed by atoms with Gasteiger partial charge in [0.25, 0.3) is 5.91 Å². The summed E-state index contributed by atoms with van der Waals surface area (Å²) in [6.07, 6.45) is 4.40. The average Bonchev–Trinajstić information content (AvgIpc) is 2.47. The third kappa shape index (κ3) is 5.43. The molecular formula is C18H27NO3. The summed E-state index contributed by atoms with van der Waals surface area (Å²) < 4.78 is 0. The zero-order chi connectivity index (χ0) is 16.2. The van der Waals surface area contributed by atoms with Crippen molar-refractivity contribution in [2.24, 2.45) is 0 Å². The number of carbonyl (C=O) groups is 1. The minimum Gasteiger partial charge on any atom is -0.393 e. The third-order valence-corrected chi connectivity index (χ3v) is 4.25. The van der Waals surface area contributed by atoms with Crippen molar-refractivity contribution in [2.75, 3.05) is 0 Å². The monoisotopic (exact) mass is 305 g/mol. The van der Waals surface area contributed by atoms with Crippen LogP contribution in [-0.2, 0) is 6.42 Å². The molecule has 0 saturated heterocycles. The summed E-state index contributed by atoms with van der Waals surface area (Å²) in [6.45, 7) is 3.59. The number of benzene rings is 1. The molecule has 1 aromatic rings. The molecule has 0 heterocycles. The van der Waals surface area contributed by atoms with Crippen molar-refractivity contribution >= 4 is 5.91 Å². The van der Waals surface area contributed by atoms with Gasteiger partial charge in [0.15, 0.2) is 0 Å². The fourth-order valence-electron chi connectivity index (χ4n) is 2.81. The first-order valence-electron chi connectivity index (χ1n) is 8.14. The Balaban J connectivity index is 1.92. The Kier molecular flexibility index (Phi) is 5.59. The maximum Gasteiger partial charge on any atom is 0.251 e. The standard InChI is InChI=1S/C18H27NO3/c1-18(2,22)11-10-13-4-3-5-14(12-13)17(21)19-15-6-8-16(20)9-7-15/h3-5,12,15-16,20,22H,6-11H2,1-2H3,(H,19,21). The fraction of sp³-hybridized carbons (Fsp3) is 0.611. The Morgan fingerprint density at radius 1 is 1.27 bits per heavy atom. The van der Waals surface area contributed by atoms with Crippen LogP contribution in [-0.4, -0.2) is 33.9 Å². The normalized spacial score (nSPS) is 22.4. The molecule has 122 valence electrons. The number of aliphatic hydroxyl groups is 2. The van der Waals surface area contributed by atoms with Gasteiger partial charge in [0, 0.05) is 11.6 Å². The zero-order valence-electron chi connectivity index (χ0n) is 13.5. The molecule has 0 aromatic heterocycles. The highest BCUT2D eigenvalue weighted by Crippen LogP contribution is 2.19. The topological polar surface area (TPSA) is 69.6 Å². The van der Waals surface area contributed by atoms with Crippen molar-refractivity contribution < 1.29 is 15.0 Å². The Bertz CT molecular complexity index is 499.